The van der Waals surface area contributed by atoms with E-state index in [0.717, 1.165) is 12.6 Å². The number of nitrogens with zero attached hydrogens (tertiary/aromatic N) is 1. The van der Waals surface area contributed by atoms with Gasteiger partial charge in [-0.05, 0) is 45.7 Å². The van der Waals surface area contributed by atoms with Crippen molar-refractivity contribution in [3.63, 3.8) is 0 Å². The van der Waals surface area contributed by atoms with Crippen LogP contribution in [-0.4, -0.2) is 24.6 Å². The van der Waals surface area contributed by atoms with E-state index in [0.29, 0.717) is 24.5 Å². The molecule has 0 aliphatic carbocycles. The highest BCUT2D eigenvalue weighted by molar-refractivity contribution is 5.80. The lowest BCUT2D eigenvalue weighted by Gasteiger charge is -2.23. The van der Waals surface area contributed by atoms with Gasteiger partial charge in [0, 0.05) is 24.7 Å². The molecule has 0 unspecified atom stereocenters. The van der Waals surface area contributed by atoms with Crippen LogP contribution in [0.25, 0.3) is 0 Å². The number of halogens is 2. The van der Waals surface area contributed by atoms with Crippen molar-refractivity contribution < 1.29 is 8.78 Å². The fourth-order valence-electron chi connectivity index (χ4n) is 1.67. The number of guanidine groups is 1. The van der Waals surface area contributed by atoms with E-state index in [-0.39, 0.29) is 5.54 Å². The molecule has 0 heterocycles. The molecule has 0 aromatic heterocycles. The molecular weight excluding hydrogens is 260 g/mol. The molecule has 0 bridgehead atoms. The van der Waals surface area contributed by atoms with Crippen LogP contribution in [0, 0.1) is 11.6 Å². The molecule has 112 valence electrons. The third-order valence-electron chi connectivity index (χ3n) is 2.50. The topological polar surface area (TPSA) is 36.4 Å². The zero-order chi connectivity index (χ0) is 15.2. The summed E-state index contributed by atoms with van der Waals surface area (Å²) in [6, 6.07) is 3.63. The molecule has 1 aromatic carbocycles. The van der Waals surface area contributed by atoms with E-state index in [2.05, 4.69) is 15.6 Å². The van der Waals surface area contributed by atoms with Crippen molar-refractivity contribution in [2.45, 2.75) is 39.7 Å². The number of rotatable bonds is 4. The summed E-state index contributed by atoms with van der Waals surface area (Å²) in [5.74, 6) is -0.381. The molecule has 5 heteroatoms. The predicted molar refractivity (Wildman–Crippen MR) is 78.9 cm³/mol. The van der Waals surface area contributed by atoms with Crippen molar-refractivity contribution in [1.82, 2.24) is 10.6 Å². The molecule has 2 N–H and O–H groups in total. The smallest absolute Gasteiger partial charge is 0.191 e. The van der Waals surface area contributed by atoms with Crippen molar-refractivity contribution >= 4 is 5.96 Å². The summed E-state index contributed by atoms with van der Waals surface area (Å²) in [5.41, 5.74) is 0.379. The lowest BCUT2D eigenvalue weighted by Crippen LogP contribution is -2.47. The van der Waals surface area contributed by atoms with Crippen LogP contribution in [0.5, 0.6) is 0 Å². The standard InChI is InChI=1S/C15H23F2N3/c1-5-18-14(20-15(2,3)4)19-9-8-11-6-7-12(16)10-13(11)17/h6-7,10H,5,8-9H2,1-4H3,(H2,18,19,20). The Balaban J connectivity index is 2.63. The van der Waals surface area contributed by atoms with Crippen LogP contribution < -0.4 is 10.6 Å². The largest absolute Gasteiger partial charge is 0.357 e. The summed E-state index contributed by atoms with van der Waals surface area (Å²) in [6.07, 6.45) is 0.437. The number of benzene rings is 1. The van der Waals surface area contributed by atoms with Crippen LogP contribution in [-0.2, 0) is 6.42 Å². The van der Waals surface area contributed by atoms with Crippen molar-refractivity contribution in [3.8, 4) is 0 Å². The fraction of sp³-hybridized carbons (Fsp3) is 0.533. The van der Waals surface area contributed by atoms with Crippen LogP contribution in [0.4, 0.5) is 8.78 Å². The first-order valence-electron chi connectivity index (χ1n) is 6.82. The molecule has 0 aliphatic rings. The zero-order valence-electron chi connectivity index (χ0n) is 12.6. The summed E-state index contributed by atoms with van der Waals surface area (Å²) < 4.78 is 26.3. The first-order valence-corrected chi connectivity index (χ1v) is 6.82. The Bertz CT molecular complexity index is 465. The maximum Gasteiger partial charge on any atom is 0.191 e. The lowest BCUT2D eigenvalue weighted by molar-refractivity contribution is 0.501. The van der Waals surface area contributed by atoms with Gasteiger partial charge in [-0.25, -0.2) is 8.78 Å². The second kappa shape index (κ2) is 7.22. The number of nitrogens with one attached hydrogen (secondary N) is 2. The molecule has 0 amide bonds. The Morgan fingerprint density at radius 2 is 1.95 bits per heavy atom. The SMILES string of the molecule is CCNC(=NCCc1ccc(F)cc1F)NC(C)(C)C. The minimum Gasteiger partial charge on any atom is -0.357 e. The third kappa shape index (κ3) is 5.99. The predicted octanol–water partition coefficient (Wildman–Crippen LogP) is 2.86. The van der Waals surface area contributed by atoms with Gasteiger partial charge in [0.2, 0.25) is 0 Å². The molecular formula is C15H23F2N3. The van der Waals surface area contributed by atoms with E-state index in [4.69, 9.17) is 0 Å². The van der Waals surface area contributed by atoms with Gasteiger partial charge in [0.05, 0.1) is 0 Å². The molecule has 3 nitrogen and oxygen atoms in total. The summed E-state index contributed by atoms with van der Waals surface area (Å²) >= 11 is 0. The maximum atomic E-state index is 13.5. The molecule has 0 saturated heterocycles. The molecule has 20 heavy (non-hydrogen) atoms. The molecule has 1 aromatic rings. The highest BCUT2D eigenvalue weighted by Crippen LogP contribution is 2.10. The van der Waals surface area contributed by atoms with E-state index in [1.807, 2.05) is 27.7 Å². The van der Waals surface area contributed by atoms with Crippen molar-refractivity contribution in [2.75, 3.05) is 13.1 Å². The summed E-state index contributed by atoms with van der Waals surface area (Å²) in [4.78, 5) is 4.39. The van der Waals surface area contributed by atoms with Crippen LogP contribution >= 0.6 is 0 Å². The van der Waals surface area contributed by atoms with E-state index in [9.17, 15) is 8.78 Å². The Labute approximate surface area is 119 Å². The normalized spacial score (nSPS) is 12.4. The second-order valence-corrected chi connectivity index (χ2v) is 5.62. The lowest BCUT2D eigenvalue weighted by atomic mass is 10.1. The molecule has 0 spiro atoms. The Hall–Kier alpha value is -1.65. The molecule has 0 radical (unpaired) electrons. The van der Waals surface area contributed by atoms with Gasteiger partial charge in [0.1, 0.15) is 11.6 Å². The highest BCUT2D eigenvalue weighted by Gasteiger charge is 2.11. The second-order valence-electron chi connectivity index (χ2n) is 5.62. The minimum atomic E-state index is -0.558. The average molecular weight is 283 g/mol. The van der Waals surface area contributed by atoms with Crippen molar-refractivity contribution in [1.29, 1.82) is 0 Å². The fourth-order valence-corrected chi connectivity index (χ4v) is 1.67. The van der Waals surface area contributed by atoms with E-state index in [1.165, 1.54) is 12.1 Å². The highest BCUT2D eigenvalue weighted by atomic mass is 19.1. The number of hydrogen-bond acceptors (Lipinski definition) is 1. The van der Waals surface area contributed by atoms with Crippen molar-refractivity contribution in [2.24, 2.45) is 4.99 Å². The van der Waals surface area contributed by atoms with Gasteiger partial charge < -0.3 is 10.6 Å². The minimum absolute atomic E-state index is 0.0951. The van der Waals surface area contributed by atoms with Gasteiger partial charge in [-0.15, -0.1) is 0 Å². The van der Waals surface area contributed by atoms with E-state index in [1.54, 1.807) is 0 Å². The van der Waals surface area contributed by atoms with Crippen LogP contribution in [0.15, 0.2) is 23.2 Å². The van der Waals surface area contributed by atoms with Crippen LogP contribution in [0.1, 0.15) is 33.3 Å². The Morgan fingerprint density at radius 1 is 1.25 bits per heavy atom. The molecule has 0 fully saturated rings. The molecule has 0 saturated carbocycles. The molecule has 1 rings (SSSR count). The molecule has 0 atom stereocenters. The van der Waals surface area contributed by atoms with Crippen molar-refractivity contribution in [3.05, 3.63) is 35.4 Å². The van der Waals surface area contributed by atoms with Gasteiger partial charge in [0.15, 0.2) is 5.96 Å². The monoisotopic (exact) mass is 283 g/mol. The quantitative estimate of drug-likeness (QED) is 0.658. The molecule has 0 aliphatic heterocycles. The maximum absolute atomic E-state index is 13.5. The van der Waals surface area contributed by atoms with E-state index < -0.39 is 11.6 Å². The Kier molecular flexibility index (Phi) is 5.92. The van der Waals surface area contributed by atoms with Gasteiger partial charge in [-0.1, -0.05) is 6.07 Å². The average Bonchev–Trinajstić information content (AvgIpc) is 2.30. The summed E-state index contributed by atoms with van der Waals surface area (Å²) in [7, 11) is 0. The first-order chi connectivity index (χ1) is 9.31. The van der Waals surface area contributed by atoms with E-state index >= 15 is 0 Å². The van der Waals surface area contributed by atoms with Crippen LogP contribution in [0.2, 0.25) is 0 Å². The first kappa shape index (κ1) is 16.4. The van der Waals surface area contributed by atoms with Gasteiger partial charge in [-0.3, -0.25) is 4.99 Å². The number of aliphatic imine (C=N–C) groups is 1. The zero-order valence-corrected chi connectivity index (χ0v) is 12.6. The van der Waals surface area contributed by atoms with Gasteiger partial charge in [-0.2, -0.15) is 0 Å². The number of hydrogen-bond donors (Lipinski definition) is 2. The van der Waals surface area contributed by atoms with Crippen LogP contribution in [0.3, 0.4) is 0 Å². The third-order valence-corrected chi connectivity index (χ3v) is 2.50. The summed E-state index contributed by atoms with van der Waals surface area (Å²) in [5, 5.41) is 6.39. The Morgan fingerprint density at radius 3 is 2.50 bits per heavy atom. The van der Waals surface area contributed by atoms with Gasteiger partial charge in [0.25, 0.3) is 0 Å². The summed E-state index contributed by atoms with van der Waals surface area (Å²) in [6.45, 7) is 9.30. The van der Waals surface area contributed by atoms with Gasteiger partial charge >= 0.3 is 0 Å².